The van der Waals surface area contributed by atoms with E-state index in [0.717, 1.165) is 0 Å². The van der Waals surface area contributed by atoms with Gasteiger partial charge in [0.25, 0.3) is 0 Å². The Balaban J connectivity index is 3.01. The Kier molecular flexibility index (Phi) is 4.72. The summed E-state index contributed by atoms with van der Waals surface area (Å²) >= 11 is 5.67. The second-order valence-electron chi connectivity index (χ2n) is 3.37. The van der Waals surface area contributed by atoms with Crippen molar-refractivity contribution >= 4 is 27.3 Å². The van der Waals surface area contributed by atoms with Gasteiger partial charge in [0, 0.05) is 0 Å². The molecule has 0 heterocycles. The number of anilines is 1. The van der Waals surface area contributed by atoms with Crippen LogP contribution in [0.2, 0.25) is 5.02 Å². The topological polar surface area (TPSA) is 113 Å². The highest BCUT2D eigenvalue weighted by atomic mass is 35.5. The SMILES string of the molecule is Nc1cc(S(=O)(=O)NC(CO)CO)ccc1Cl. The van der Waals surface area contributed by atoms with Gasteiger partial charge in [0.2, 0.25) is 10.0 Å². The normalized spacial score (nSPS) is 12.0. The van der Waals surface area contributed by atoms with Crippen molar-refractivity contribution in [2.24, 2.45) is 0 Å². The molecule has 0 aliphatic carbocycles. The van der Waals surface area contributed by atoms with Crippen LogP contribution in [-0.4, -0.2) is 37.9 Å². The Morgan fingerprint density at radius 3 is 2.41 bits per heavy atom. The van der Waals surface area contributed by atoms with Crippen molar-refractivity contribution in [3.05, 3.63) is 23.2 Å². The zero-order valence-electron chi connectivity index (χ0n) is 8.80. The molecule has 0 fully saturated rings. The molecule has 0 saturated heterocycles. The number of nitrogen functional groups attached to an aromatic ring is 1. The Morgan fingerprint density at radius 2 is 1.94 bits per heavy atom. The van der Waals surface area contributed by atoms with Gasteiger partial charge < -0.3 is 15.9 Å². The molecule has 0 bridgehead atoms. The van der Waals surface area contributed by atoms with Crippen LogP contribution in [0.3, 0.4) is 0 Å². The fraction of sp³-hybridized carbons (Fsp3) is 0.333. The van der Waals surface area contributed by atoms with Crippen LogP contribution in [-0.2, 0) is 10.0 Å². The Bertz CT molecular complexity index is 488. The summed E-state index contributed by atoms with van der Waals surface area (Å²) in [6, 6.07) is 2.90. The average Bonchev–Trinajstić information content (AvgIpc) is 2.29. The Morgan fingerprint density at radius 1 is 1.35 bits per heavy atom. The third-order valence-corrected chi connectivity index (χ3v) is 3.90. The molecule has 5 N–H and O–H groups in total. The molecule has 0 aromatic heterocycles. The minimum atomic E-state index is -3.83. The molecule has 17 heavy (non-hydrogen) atoms. The van der Waals surface area contributed by atoms with E-state index in [9.17, 15) is 8.42 Å². The number of nitrogens with one attached hydrogen (secondary N) is 1. The third kappa shape index (κ3) is 3.55. The van der Waals surface area contributed by atoms with Crippen LogP contribution < -0.4 is 10.5 Å². The highest BCUT2D eigenvalue weighted by Gasteiger charge is 2.19. The lowest BCUT2D eigenvalue weighted by atomic mass is 10.3. The minimum absolute atomic E-state index is 0.0775. The molecular weight excluding hydrogens is 268 g/mol. The predicted molar refractivity (Wildman–Crippen MR) is 64.1 cm³/mol. The van der Waals surface area contributed by atoms with E-state index in [1.54, 1.807) is 0 Å². The van der Waals surface area contributed by atoms with Crippen LogP contribution in [0.5, 0.6) is 0 Å². The van der Waals surface area contributed by atoms with Gasteiger partial charge in [0.05, 0.1) is 34.9 Å². The predicted octanol–water partition coefficient (Wildman–Crippen LogP) is -0.446. The smallest absolute Gasteiger partial charge is 0.241 e. The van der Waals surface area contributed by atoms with Crippen molar-refractivity contribution in [2.45, 2.75) is 10.9 Å². The fourth-order valence-corrected chi connectivity index (χ4v) is 2.48. The first-order chi connectivity index (χ1) is 7.90. The standard InChI is InChI=1S/C9H13ClN2O4S/c10-8-2-1-7(3-9(8)11)17(15,16)12-6(4-13)5-14/h1-3,6,12-14H,4-5,11H2. The lowest BCUT2D eigenvalue weighted by Gasteiger charge is -2.14. The molecular formula is C9H13ClN2O4S. The van der Waals surface area contributed by atoms with Crippen LogP contribution in [0.15, 0.2) is 23.1 Å². The molecule has 0 atom stereocenters. The highest BCUT2D eigenvalue weighted by Crippen LogP contribution is 2.22. The van der Waals surface area contributed by atoms with E-state index in [2.05, 4.69) is 4.72 Å². The second-order valence-corrected chi connectivity index (χ2v) is 5.49. The van der Waals surface area contributed by atoms with Crippen LogP contribution in [0, 0.1) is 0 Å². The summed E-state index contributed by atoms with van der Waals surface area (Å²) in [5.74, 6) is 0. The minimum Gasteiger partial charge on any atom is -0.397 e. The molecule has 0 spiro atoms. The van der Waals surface area contributed by atoms with Gasteiger partial charge in [-0.05, 0) is 18.2 Å². The summed E-state index contributed by atoms with van der Waals surface area (Å²) in [5.41, 5.74) is 5.63. The molecule has 8 heteroatoms. The van der Waals surface area contributed by atoms with Gasteiger partial charge >= 0.3 is 0 Å². The van der Waals surface area contributed by atoms with E-state index >= 15 is 0 Å². The Labute approximate surface area is 104 Å². The van der Waals surface area contributed by atoms with Crippen molar-refractivity contribution < 1.29 is 18.6 Å². The molecule has 1 aromatic rings. The zero-order valence-corrected chi connectivity index (χ0v) is 10.4. The van der Waals surface area contributed by atoms with E-state index in [0.29, 0.717) is 0 Å². The number of benzene rings is 1. The van der Waals surface area contributed by atoms with Crippen LogP contribution in [0.25, 0.3) is 0 Å². The summed E-state index contributed by atoms with van der Waals surface area (Å²) in [6.07, 6.45) is 0. The van der Waals surface area contributed by atoms with Crippen molar-refractivity contribution in [3.63, 3.8) is 0 Å². The highest BCUT2D eigenvalue weighted by molar-refractivity contribution is 7.89. The molecule has 0 aliphatic heterocycles. The maximum Gasteiger partial charge on any atom is 0.241 e. The van der Waals surface area contributed by atoms with Crippen molar-refractivity contribution in [3.8, 4) is 0 Å². The van der Waals surface area contributed by atoms with Crippen LogP contribution in [0.1, 0.15) is 0 Å². The number of nitrogens with two attached hydrogens (primary N) is 1. The quantitative estimate of drug-likeness (QED) is 0.546. The molecule has 96 valence electrons. The first kappa shape index (κ1) is 14.2. The maximum absolute atomic E-state index is 11.8. The molecule has 1 rings (SSSR count). The van der Waals surface area contributed by atoms with Crippen molar-refractivity contribution in [1.29, 1.82) is 0 Å². The van der Waals surface area contributed by atoms with E-state index in [-0.39, 0.29) is 15.6 Å². The van der Waals surface area contributed by atoms with Crippen molar-refractivity contribution in [1.82, 2.24) is 4.72 Å². The monoisotopic (exact) mass is 280 g/mol. The molecule has 0 amide bonds. The van der Waals surface area contributed by atoms with Crippen LogP contribution in [0.4, 0.5) is 5.69 Å². The first-order valence-corrected chi connectivity index (χ1v) is 6.56. The molecule has 0 saturated carbocycles. The van der Waals surface area contributed by atoms with Gasteiger partial charge in [-0.2, -0.15) is 0 Å². The van der Waals surface area contributed by atoms with E-state index in [1.165, 1.54) is 18.2 Å². The summed E-state index contributed by atoms with van der Waals surface area (Å²) in [6.45, 7) is -1.00. The second kappa shape index (κ2) is 5.65. The van der Waals surface area contributed by atoms with Gasteiger partial charge in [0.15, 0.2) is 0 Å². The number of halogens is 1. The van der Waals surface area contributed by atoms with Crippen LogP contribution >= 0.6 is 11.6 Å². The number of hydrogen-bond donors (Lipinski definition) is 4. The summed E-state index contributed by atoms with van der Waals surface area (Å²) < 4.78 is 25.7. The summed E-state index contributed by atoms with van der Waals surface area (Å²) in [7, 11) is -3.83. The Hall–Kier alpha value is -0.860. The summed E-state index contributed by atoms with van der Waals surface area (Å²) in [4.78, 5) is -0.0775. The van der Waals surface area contributed by atoms with E-state index < -0.39 is 29.3 Å². The van der Waals surface area contributed by atoms with Gasteiger partial charge in [-0.25, -0.2) is 13.1 Å². The lowest BCUT2D eigenvalue weighted by molar-refractivity contribution is 0.185. The zero-order chi connectivity index (χ0) is 13.1. The van der Waals surface area contributed by atoms with Gasteiger partial charge in [-0.1, -0.05) is 11.6 Å². The molecule has 0 radical (unpaired) electrons. The lowest BCUT2D eigenvalue weighted by Crippen LogP contribution is -2.40. The molecule has 1 aromatic carbocycles. The number of hydrogen-bond acceptors (Lipinski definition) is 5. The largest absolute Gasteiger partial charge is 0.397 e. The third-order valence-electron chi connectivity index (χ3n) is 2.04. The van der Waals surface area contributed by atoms with E-state index in [1.807, 2.05) is 0 Å². The maximum atomic E-state index is 11.8. The van der Waals surface area contributed by atoms with E-state index in [4.69, 9.17) is 27.5 Å². The molecule has 0 aliphatic rings. The first-order valence-electron chi connectivity index (χ1n) is 4.69. The molecule has 0 unspecified atom stereocenters. The van der Waals surface area contributed by atoms with Crippen molar-refractivity contribution in [2.75, 3.05) is 18.9 Å². The number of rotatable bonds is 5. The average molecular weight is 281 g/mol. The number of sulfonamides is 1. The van der Waals surface area contributed by atoms with Gasteiger partial charge in [0.1, 0.15) is 0 Å². The van der Waals surface area contributed by atoms with Gasteiger partial charge in [-0.3, -0.25) is 0 Å². The number of aliphatic hydroxyl groups is 2. The van der Waals surface area contributed by atoms with Gasteiger partial charge in [-0.15, -0.1) is 0 Å². The number of aliphatic hydroxyl groups excluding tert-OH is 2. The molecule has 6 nitrogen and oxygen atoms in total. The summed E-state index contributed by atoms with van der Waals surface area (Å²) in [5, 5.41) is 17.9. The fourth-order valence-electron chi connectivity index (χ4n) is 1.11.